The van der Waals surface area contributed by atoms with E-state index in [0.717, 1.165) is 0 Å². The van der Waals surface area contributed by atoms with Crippen molar-refractivity contribution in [3.8, 4) is 0 Å². The number of nitrogens with one attached hydrogen (secondary N) is 1. The van der Waals surface area contributed by atoms with Crippen molar-refractivity contribution in [1.29, 1.82) is 0 Å². The van der Waals surface area contributed by atoms with Crippen LogP contribution in [-0.2, 0) is 4.74 Å². The average molecular weight is 351 g/mol. The molecule has 0 unspecified atom stereocenters. The first-order valence-corrected chi connectivity index (χ1v) is 7.23. The number of hydrogen-bond donors (Lipinski definition) is 1. The molecule has 0 bridgehead atoms. The van der Waals surface area contributed by atoms with Crippen molar-refractivity contribution in [2.45, 2.75) is 0 Å². The van der Waals surface area contributed by atoms with E-state index in [1.807, 2.05) is 0 Å². The highest BCUT2D eigenvalue weighted by molar-refractivity contribution is 6.35. The normalized spacial score (nSPS) is 10.6. The van der Waals surface area contributed by atoms with Crippen LogP contribution >= 0.6 is 23.2 Å². The topological polar surface area (TPSA) is 67.8 Å². The third kappa shape index (κ3) is 4.55. The van der Waals surface area contributed by atoms with Crippen molar-refractivity contribution in [2.75, 3.05) is 7.11 Å². The Balaban J connectivity index is 2.02. The van der Waals surface area contributed by atoms with Gasteiger partial charge < -0.3 is 4.74 Å². The fourth-order valence-electron chi connectivity index (χ4n) is 1.72. The van der Waals surface area contributed by atoms with Gasteiger partial charge in [0.15, 0.2) is 0 Å². The summed E-state index contributed by atoms with van der Waals surface area (Å²) in [7, 11) is 1.31. The first-order chi connectivity index (χ1) is 11.0. The molecular formula is C16H12Cl2N2O3. The number of hydrogen-bond acceptors (Lipinski definition) is 4. The van der Waals surface area contributed by atoms with Crippen LogP contribution in [0.2, 0.25) is 10.0 Å². The monoisotopic (exact) mass is 350 g/mol. The van der Waals surface area contributed by atoms with Gasteiger partial charge in [0.05, 0.1) is 29.5 Å². The minimum Gasteiger partial charge on any atom is -0.465 e. The van der Waals surface area contributed by atoms with E-state index in [4.69, 9.17) is 23.2 Å². The van der Waals surface area contributed by atoms with Crippen LogP contribution < -0.4 is 5.43 Å². The summed E-state index contributed by atoms with van der Waals surface area (Å²) in [4.78, 5) is 23.3. The number of esters is 1. The van der Waals surface area contributed by atoms with E-state index in [-0.39, 0.29) is 10.6 Å². The molecule has 0 aliphatic rings. The maximum atomic E-state index is 12.0. The maximum absolute atomic E-state index is 12.0. The van der Waals surface area contributed by atoms with E-state index in [0.29, 0.717) is 16.1 Å². The van der Waals surface area contributed by atoms with Crippen molar-refractivity contribution < 1.29 is 14.3 Å². The zero-order chi connectivity index (χ0) is 16.8. The Morgan fingerprint density at radius 1 is 1.13 bits per heavy atom. The Hall–Kier alpha value is -2.37. The lowest BCUT2D eigenvalue weighted by Gasteiger charge is -2.03. The molecule has 2 rings (SSSR count). The van der Waals surface area contributed by atoms with Gasteiger partial charge in [-0.25, -0.2) is 10.2 Å². The van der Waals surface area contributed by atoms with Gasteiger partial charge in [0.25, 0.3) is 5.91 Å². The molecule has 0 radical (unpaired) electrons. The molecule has 7 heteroatoms. The van der Waals surface area contributed by atoms with E-state index >= 15 is 0 Å². The zero-order valence-corrected chi connectivity index (χ0v) is 13.6. The number of carbonyl (C=O) groups is 2. The number of amides is 1. The van der Waals surface area contributed by atoms with Crippen molar-refractivity contribution in [3.05, 3.63) is 69.2 Å². The van der Waals surface area contributed by atoms with E-state index in [2.05, 4.69) is 15.3 Å². The number of halogens is 2. The molecule has 0 saturated heterocycles. The van der Waals surface area contributed by atoms with Gasteiger partial charge in [-0.15, -0.1) is 0 Å². The molecule has 0 heterocycles. The minimum absolute atomic E-state index is 0.234. The fraction of sp³-hybridized carbons (Fsp3) is 0.0625. The molecule has 0 spiro atoms. The molecule has 0 saturated carbocycles. The molecule has 118 valence electrons. The van der Waals surface area contributed by atoms with Gasteiger partial charge in [-0.05, 0) is 35.9 Å². The highest BCUT2D eigenvalue weighted by Crippen LogP contribution is 2.20. The number of ether oxygens (including phenoxy) is 1. The second kappa shape index (κ2) is 7.76. The second-order valence-corrected chi connectivity index (χ2v) is 5.28. The van der Waals surface area contributed by atoms with Gasteiger partial charge in [0.2, 0.25) is 0 Å². The minimum atomic E-state index is -0.472. The highest BCUT2D eigenvalue weighted by atomic mass is 35.5. The Kier molecular flexibility index (Phi) is 5.73. The number of rotatable bonds is 4. The Morgan fingerprint density at radius 2 is 1.83 bits per heavy atom. The fourth-order valence-corrected chi connectivity index (χ4v) is 2.10. The summed E-state index contributed by atoms with van der Waals surface area (Å²) in [5.74, 6) is -0.891. The third-order valence-corrected chi connectivity index (χ3v) is 3.45. The van der Waals surface area contributed by atoms with Gasteiger partial charge in [0, 0.05) is 5.02 Å². The van der Waals surface area contributed by atoms with E-state index in [1.54, 1.807) is 30.3 Å². The molecule has 2 aromatic carbocycles. The SMILES string of the molecule is COC(=O)c1ccc(/C=N\NC(=O)c2cc(Cl)ccc2Cl)cc1. The van der Waals surface area contributed by atoms with Crippen LogP contribution in [0.4, 0.5) is 0 Å². The van der Waals surface area contributed by atoms with Crippen LogP contribution in [0.5, 0.6) is 0 Å². The second-order valence-electron chi connectivity index (χ2n) is 4.44. The summed E-state index contributed by atoms with van der Waals surface area (Å²) in [6.45, 7) is 0. The van der Waals surface area contributed by atoms with Crippen LogP contribution in [0.25, 0.3) is 0 Å². The Morgan fingerprint density at radius 3 is 2.48 bits per heavy atom. The third-order valence-electron chi connectivity index (χ3n) is 2.88. The standard InChI is InChI=1S/C16H12Cl2N2O3/c1-23-16(22)11-4-2-10(3-5-11)9-19-20-15(21)13-8-12(17)6-7-14(13)18/h2-9H,1H3,(H,20,21)/b19-9-. The van der Waals surface area contributed by atoms with Crippen molar-refractivity contribution in [1.82, 2.24) is 5.43 Å². The lowest BCUT2D eigenvalue weighted by atomic mass is 10.1. The molecule has 0 atom stereocenters. The molecule has 0 aromatic heterocycles. The maximum Gasteiger partial charge on any atom is 0.337 e. The summed E-state index contributed by atoms with van der Waals surface area (Å²) >= 11 is 11.8. The molecular weight excluding hydrogens is 339 g/mol. The lowest BCUT2D eigenvalue weighted by molar-refractivity contribution is 0.0600. The van der Waals surface area contributed by atoms with E-state index in [1.165, 1.54) is 25.5 Å². The summed E-state index contributed by atoms with van der Waals surface area (Å²) in [5.41, 5.74) is 3.73. The van der Waals surface area contributed by atoms with Crippen molar-refractivity contribution in [3.63, 3.8) is 0 Å². The number of carbonyl (C=O) groups excluding carboxylic acids is 2. The summed E-state index contributed by atoms with van der Waals surface area (Å²) in [6, 6.07) is 11.1. The van der Waals surface area contributed by atoms with Crippen LogP contribution in [0.3, 0.4) is 0 Å². The van der Waals surface area contributed by atoms with Crippen LogP contribution in [-0.4, -0.2) is 25.2 Å². The molecule has 0 fully saturated rings. The lowest BCUT2D eigenvalue weighted by Crippen LogP contribution is -2.18. The van der Waals surface area contributed by atoms with Gasteiger partial charge in [0.1, 0.15) is 0 Å². The van der Waals surface area contributed by atoms with E-state index < -0.39 is 11.9 Å². The van der Waals surface area contributed by atoms with Crippen molar-refractivity contribution in [2.24, 2.45) is 5.10 Å². The average Bonchev–Trinajstić information content (AvgIpc) is 2.56. The Labute approximate surface area is 142 Å². The van der Waals surface area contributed by atoms with Crippen LogP contribution in [0.1, 0.15) is 26.3 Å². The number of methoxy groups -OCH3 is 1. The molecule has 1 N–H and O–H groups in total. The summed E-state index contributed by atoms with van der Waals surface area (Å²) < 4.78 is 4.61. The van der Waals surface area contributed by atoms with Gasteiger partial charge in [-0.1, -0.05) is 35.3 Å². The number of hydrazone groups is 1. The molecule has 23 heavy (non-hydrogen) atoms. The van der Waals surface area contributed by atoms with Gasteiger partial charge in [-0.3, -0.25) is 4.79 Å². The van der Waals surface area contributed by atoms with E-state index in [9.17, 15) is 9.59 Å². The smallest absolute Gasteiger partial charge is 0.337 e. The molecule has 2 aromatic rings. The summed E-state index contributed by atoms with van der Waals surface area (Å²) in [6.07, 6.45) is 1.44. The van der Waals surface area contributed by atoms with Gasteiger partial charge >= 0.3 is 5.97 Å². The molecule has 1 amide bonds. The molecule has 5 nitrogen and oxygen atoms in total. The predicted molar refractivity (Wildman–Crippen MR) is 89.3 cm³/mol. The van der Waals surface area contributed by atoms with Gasteiger partial charge in [-0.2, -0.15) is 5.10 Å². The van der Waals surface area contributed by atoms with Crippen LogP contribution in [0, 0.1) is 0 Å². The zero-order valence-electron chi connectivity index (χ0n) is 12.0. The first-order valence-electron chi connectivity index (χ1n) is 6.48. The largest absolute Gasteiger partial charge is 0.465 e. The predicted octanol–water partition coefficient (Wildman–Crippen LogP) is 3.54. The number of nitrogens with zero attached hydrogens (tertiary/aromatic N) is 1. The van der Waals surface area contributed by atoms with Crippen LogP contribution in [0.15, 0.2) is 47.6 Å². The quantitative estimate of drug-likeness (QED) is 0.520. The number of benzene rings is 2. The molecule has 0 aliphatic carbocycles. The molecule has 0 aliphatic heterocycles. The summed E-state index contributed by atoms with van der Waals surface area (Å²) in [5, 5.41) is 4.53. The Bertz CT molecular complexity index is 758. The highest BCUT2D eigenvalue weighted by Gasteiger charge is 2.10. The first kappa shape index (κ1) is 17.0. The van der Waals surface area contributed by atoms with Crippen molar-refractivity contribution >= 4 is 41.3 Å².